The van der Waals surface area contributed by atoms with Gasteiger partial charge in [-0.25, -0.2) is 9.98 Å². The molecule has 8 nitrogen and oxygen atoms in total. The number of aromatic nitrogens is 2. The maximum absolute atomic E-state index is 12.7. The molecule has 6 rings (SSSR count). The summed E-state index contributed by atoms with van der Waals surface area (Å²) in [5, 5.41) is 1.46. The molecule has 1 unspecified atom stereocenters. The maximum atomic E-state index is 12.7. The zero-order chi connectivity index (χ0) is 33.1. The van der Waals surface area contributed by atoms with Gasteiger partial charge >= 0.3 is 0 Å². The third-order valence-electron chi connectivity index (χ3n) is 8.20. The highest BCUT2D eigenvalue weighted by Gasteiger charge is 2.23. The highest BCUT2D eigenvalue weighted by molar-refractivity contribution is 8.00. The van der Waals surface area contributed by atoms with E-state index in [9.17, 15) is 8.42 Å². The molecule has 0 radical (unpaired) electrons. The molecule has 256 valence electrons. The molecule has 0 saturated carbocycles. The number of aryl methyl sites for hydroxylation is 4. The second-order valence-electron chi connectivity index (χ2n) is 11.7. The van der Waals surface area contributed by atoms with Gasteiger partial charge < -0.3 is 9.47 Å². The predicted octanol–water partition coefficient (Wildman–Crippen LogP) is 7.85. The predicted molar refractivity (Wildman–Crippen MR) is 205 cm³/mol. The Morgan fingerprint density at radius 1 is 0.646 bits per heavy atom. The molecule has 48 heavy (non-hydrogen) atoms. The molecule has 0 amide bonds. The van der Waals surface area contributed by atoms with Crippen molar-refractivity contribution in [3.05, 3.63) is 105 Å². The number of fused-ring (bicyclic) bond motifs is 2. The third kappa shape index (κ3) is 8.48. The molecular formula is C37H46N4O4S3. The Morgan fingerprint density at radius 2 is 1.02 bits per heavy atom. The molecule has 2 atom stereocenters. The van der Waals surface area contributed by atoms with Crippen LogP contribution in [0.25, 0.3) is 0 Å². The Bertz CT molecular complexity index is 1800. The normalized spacial score (nSPS) is 13.8. The summed E-state index contributed by atoms with van der Waals surface area (Å²) < 4.78 is 36.2. The van der Waals surface area contributed by atoms with Crippen molar-refractivity contribution in [2.45, 2.75) is 73.3 Å². The van der Waals surface area contributed by atoms with Crippen molar-refractivity contribution in [3.8, 4) is 11.5 Å². The van der Waals surface area contributed by atoms with E-state index in [0.717, 1.165) is 77.7 Å². The molecule has 0 bridgehead atoms. The van der Waals surface area contributed by atoms with Gasteiger partial charge in [0.15, 0.2) is 0 Å². The van der Waals surface area contributed by atoms with E-state index < -0.39 is 21.6 Å². The van der Waals surface area contributed by atoms with Gasteiger partial charge in [-0.1, -0.05) is 42.8 Å². The van der Waals surface area contributed by atoms with Crippen LogP contribution < -0.4 is 9.47 Å². The van der Waals surface area contributed by atoms with Crippen molar-refractivity contribution in [2.75, 3.05) is 14.2 Å². The number of benzene rings is 2. The van der Waals surface area contributed by atoms with Gasteiger partial charge in [0.25, 0.3) is 0 Å². The summed E-state index contributed by atoms with van der Waals surface area (Å²) in [5.74, 6) is 2.38. The van der Waals surface area contributed by atoms with Crippen LogP contribution in [0, 0.1) is 41.5 Å². The van der Waals surface area contributed by atoms with Gasteiger partial charge in [-0.3, -0.25) is 18.4 Å². The monoisotopic (exact) mass is 706 g/mol. The largest absolute Gasteiger partial charge is 0.496 e. The van der Waals surface area contributed by atoms with Crippen molar-refractivity contribution in [2.24, 2.45) is 9.98 Å². The zero-order valence-corrected chi connectivity index (χ0v) is 30.8. The molecule has 11 heteroatoms. The van der Waals surface area contributed by atoms with Gasteiger partial charge in [-0.2, -0.15) is 13.5 Å². The van der Waals surface area contributed by atoms with Crippen LogP contribution in [0.15, 0.2) is 58.8 Å². The lowest BCUT2D eigenvalue weighted by molar-refractivity contribution is 0.407. The first kappa shape index (κ1) is 38.8. The van der Waals surface area contributed by atoms with Crippen molar-refractivity contribution in [1.82, 2.24) is 9.97 Å². The molecule has 4 aromatic rings. The van der Waals surface area contributed by atoms with E-state index in [4.69, 9.17) is 9.47 Å². The van der Waals surface area contributed by atoms with Crippen molar-refractivity contribution >= 4 is 56.6 Å². The smallest absolute Gasteiger partial charge is 0.128 e. The van der Waals surface area contributed by atoms with Crippen LogP contribution >= 0.6 is 13.5 Å². The Balaban J connectivity index is 0.000000250. The van der Waals surface area contributed by atoms with E-state index in [-0.39, 0.29) is 20.9 Å². The van der Waals surface area contributed by atoms with Crippen LogP contribution in [0.3, 0.4) is 0 Å². The summed E-state index contributed by atoms with van der Waals surface area (Å²) in [6, 6.07) is 12.3. The summed E-state index contributed by atoms with van der Waals surface area (Å²) in [5.41, 5.74) is 12.1. The molecule has 2 aliphatic rings. The summed E-state index contributed by atoms with van der Waals surface area (Å²) >= 11 is 0. The SMILES string of the molecule is C.COc1c(C)cnc(CS(=O)C2=Nc3ccc(C)cc3C2)c1C.COc1c(C)cnc(C[S@](=O)C2=Nc3ccc(C)cc3C2)c1C.S. The van der Waals surface area contributed by atoms with Gasteiger partial charge in [0.1, 0.15) is 21.6 Å². The van der Waals surface area contributed by atoms with Gasteiger partial charge in [0, 0.05) is 47.5 Å². The van der Waals surface area contributed by atoms with Crippen LogP contribution in [-0.4, -0.2) is 42.7 Å². The molecule has 0 fully saturated rings. The quantitative estimate of drug-likeness (QED) is 0.202. The van der Waals surface area contributed by atoms with Crippen LogP contribution in [0.2, 0.25) is 0 Å². The average Bonchev–Trinajstić information content (AvgIpc) is 3.65. The fraction of sp³-hybridized carbons (Fsp3) is 0.351. The topological polar surface area (TPSA) is 103 Å². The highest BCUT2D eigenvalue weighted by atomic mass is 32.2. The first-order valence-corrected chi connectivity index (χ1v) is 17.7. The standard InChI is InChI=1S/2C18H20N2O2S.CH4.H2S/c2*1-11-5-6-15-14(7-11)8-17(20-15)23(21)10-16-13(3)18(22-4)12(2)9-19-16;;/h2*5-7,9H,8,10H2,1-4H3;1H4;1H2/t23-;;;/m0.../s1. The maximum Gasteiger partial charge on any atom is 0.128 e. The molecule has 2 aliphatic heterocycles. The van der Waals surface area contributed by atoms with Gasteiger partial charge in [0.05, 0.1) is 70.1 Å². The fourth-order valence-electron chi connectivity index (χ4n) is 5.71. The van der Waals surface area contributed by atoms with E-state index in [2.05, 4.69) is 45.9 Å². The number of rotatable bonds is 6. The highest BCUT2D eigenvalue weighted by Crippen LogP contribution is 2.32. The van der Waals surface area contributed by atoms with E-state index in [1.165, 1.54) is 11.1 Å². The second kappa shape index (κ2) is 16.6. The first-order chi connectivity index (χ1) is 22.0. The fourth-order valence-corrected chi connectivity index (χ4v) is 8.16. The van der Waals surface area contributed by atoms with Crippen molar-refractivity contribution in [3.63, 3.8) is 0 Å². The van der Waals surface area contributed by atoms with Gasteiger partial charge in [0.2, 0.25) is 0 Å². The Labute approximate surface area is 296 Å². The number of aliphatic imine (C=N–C) groups is 2. The van der Waals surface area contributed by atoms with Crippen LogP contribution in [0.5, 0.6) is 11.5 Å². The van der Waals surface area contributed by atoms with Crippen molar-refractivity contribution < 1.29 is 17.9 Å². The van der Waals surface area contributed by atoms with Gasteiger partial charge in [-0.15, -0.1) is 0 Å². The number of nitrogens with zero attached hydrogens (tertiary/aromatic N) is 4. The molecule has 0 saturated heterocycles. The lowest BCUT2D eigenvalue weighted by Crippen LogP contribution is -2.12. The molecule has 0 N–H and O–H groups in total. The number of pyridine rings is 2. The van der Waals surface area contributed by atoms with Gasteiger partial charge in [-0.05, 0) is 64.8 Å². The first-order valence-electron chi connectivity index (χ1n) is 15.1. The molecule has 2 aromatic carbocycles. The summed E-state index contributed by atoms with van der Waals surface area (Å²) in [4.78, 5) is 17.9. The van der Waals surface area contributed by atoms with Crippen LogP contribution in [-0.2, 0) is 45.9 Å². The Kier molecular flexibility index (Phi) is 13.4. The molecule has 2 aromatic heterocycles. The minimum absolute atomic E-state index is 0. The minimum Gasteiger partial charge on any atom is -0.496 e. The summed E-state index contributed by atoms with van der Waals surface area (Å²) in [7, 11) is 0.949. The number of hydrogen-bond acceptors (Lipinski definition) is 8. The Hall–Kier alpha value is -3.67. The molecule has 4 heterocycles. The van der Waals surface area contributed by atoms with Crippen LogP contribution in [0.1, 0.15) is 63.3 Å². The lowest BCUT2D eigenvalue weighted by atomic mass is 10.1. The lowest BCUT2D eigenvalue weighted by Gasteiger charge is -2.12. The van der Waals surface area contributed by atoms with E-state index in [1.807, 2.05) is 52.0 Å². The number of ether oxygens (including phenoxy) is 2. The van der Waals surface area contributed by atoms with E-state index in [1.54, 1.807) is 26.6 Å². The van der Waals surface area contributed by atoms with E-state index >= 15 is 0 Å². The molecule has 0 aliphatic carbocycles. The minimum atomic E-state index is -1.17. The molecule has 0 spiro atoms. The zero-order valence-electron chi connectivity index (χ0n) is 28.2. The number of methoxy groups -OCH3 is 2. The Morgan fingerprint density at radius 3 is 1.38 bits per heavy atom. The average molecular weight is 707 g/mol. The second-order valence-corrected chi connectivity index (χ2v) is 14.6. The molecular weight excluding hydrogens is 661 g/mol. The van der Waals surface area contributed by atoms with Crippen molar-refractivity contribution in [1.29, 1.82) is 0 Å². The summed E-state index contributed by atoms with van der Waals surface area (Å²) in [6.45, 7) is 11.9. The summed E-state index contributed by atoms with van der Waals surface area (Å²) in [6.07, 6.45) is 4.86. The third-order valence-corrected chi connectivity index (χ3v) is 10.8. The van der Waals surface area contributed by atoms with E-state index in [0.29, 0.717) is 24.3 Å². The number of hydrogen-bond donors (Lipinski definition) is 0. The van der Waals surface area contributed by atoms with Crippen LogP contribution in [0.4, 0.5) is 11.4 Å².